The smallest absolute Gasteiger partial charge is 0.323 e. The summed E-state index contributed by atoms with van der Waals surface area (Å²) >= 11 is 6.04. The minimum absolute atomic E-state index is 0.111. The van der Waals surface area contributed by atoms with Gasteiger partial charge in [-0.1, -0.05) is 29.8 Å². The molecule has 0 amide bonds. The molecule has 0 heterocycles. The number of benzene rings is 1. The van der Waals surface area contributed by atoms with Gasteiger partial charge in [-0.2, -0.15) is 0 Å². The van der Waals surface area contributed by atoms with Crippen LogP contribution in [0.4, 0.5) is 0 Å². The highest BCUT2D eigenvalue weighted by Crippen LogP contribution is 2.24. The topological polar surface area (TPSA) is 49.3 Å². The molecule has 0 saturated carbocycles. The van der Waals surface area contributed by atoms with Crippen molar-refractivity contribution in [2.45, 2.75) is 32.4 Å². The Hall–Kier alpha value is -1.06. The van der Waals surface area contributed by atoms with Crippen LogP contribution in [-0.4, -0.2) is 16.6 Å². The fourth-order valence-corrected chi connectivity index (χ4v) is 1.81. The zero-order valence-electron chi connectivity index (χ0n) is 9.62. The summed E-state index contributed by atoms with van der Waals surface area (Å²) in [4.78, 5) is 11.0. The molecular weight excluding hydrogens is 226 g/mol. The third-order valence-electron chi connectivity index (χ3n) is 2.48. The Morgan fingerprint density at radius 1 is 1.44 bits per heavy atom. The van der Waals surface area contributed by atoms with Gasteiger partial charge in [-0.3, -0.25) is 10.1 Å². The van der Waals surface area contributed by atoms with E-state index in [-0.39, 0.29) is 6.04 Å². The van der Waals surface area contributed by atoms with E-state index in [9.17, 15) is 4.79 Å². The van der Waals surface area contributed by atoms with Gasteiger partial charge in [-0.15, -0.1) is 0 Å². The van der Waals surface area contributed by atoms with Gasteiger partial charge >= 0.3 is 5.97 Å². The molecule has 1 atom stereocenters. The van der Waals surface area contributed by atoms with Gasteiger partial charge < -0.3 is 5.11 Å². The van der Waals surface area contributed by atoms with Crippen LogP contribution in [0, 0.1) is 0 Å². The zero-order chi connectivity index (χ0) is 12.3. The fraction of sp³-hybridized carbons (Fsp3) is 0.417. The van der Waals surface area contributed by atoms with Gasteiger partial charge in [0.05, 0.1) is 0 Å². The number of halogens is 1. The Balaban J connectivity index is 2.85. The van der Waals surface area contributed by atoms with Crippen LogP contribution in [0.3, 0.4) is 0 Å². The van der Waals surface area contributed by atoms with Crippen LogP contribution in [0.5, 0.6) is 0 Å². The average Bonchev–Trinajstić information content (AvgIpc) is 2.17. The number of carbonyl (C=O) groups is 1. The largest absolute Gasteiger partial charge is 0.480 e. The molecule has 0 saturated heterocycles. The maximum absolute atomic E-state index is 11.0. The van der Waals surface area contributed by atoms with Crippen molar-refractivity contribution in [3.8, 4) is 0 Å². The summed E-state index contributed by atoms with van der Waals surface area (Å²) in [6, 6.07) is 7.30. The molecule has 0 fully saturated rings. The van der Waals surface area contributed by atoms with E-state index in [2.05, 4.69) is 5.32 Å². The zero-order valence-corrected chi connectivity index (χ0v) is 10.4. The molecule has 3 nitrogen and oxygen atoms in total. The SMILES string of the molecule is CC(NC(C)(C)C(=O)O)c1ccccc1Cl. The van der Waals surface area contributed by atoms with Gasteiger partial charge in [-0.25, -0.2) is 0 Å². The lowest BCUT2D eigenvalue weighted by atomic mass is 10.0. The molecule has 1 aromatic carbocycles. The molecule has 4 heteroatoms. The normalized spacial score (nSPS) is 13.5. The first-order valence-corrected chi connectivity index (χ1v) is 5.48. The fourth-order valence-electron chi connectivity index (χ4n) is 1.51. The first-order valence-electron chi connectivity index (χ1n) is 5.10. The molecule has 1 unspecified atom stereocenters. The monoisotopic (exact) mass is 241 g/mol. The molecule has 0 spiro atoms. The lowest BCUT2D eigenvalue weighted by molar-refractivity contribution is -0.143. The molecule has 0 radical (unpaired) electrons. The maximum atomic E-state index is 11.0. The number of hydrogen-bond acceptors (Lipinski definition) is 2. The van der Waals surface area contributed by atoms with Gasteiger partial charge in [0.2, 0.25) is 0 Å². The van der Waals surface area contributed by atoms with Gasteiger partial charge in [0.1, 0.15) is 5.54 Å². The van der Waals surface area contributed by atoms with E-state index in [1.807, 2.05) is 25.1 Å². The summed E-state index contributed by atoms with van der Waals surface area (Å²) in [6.07, 6.45) is 0. The molecule has 0 aliphatic rings. The quantitative estimate of drug-likeness (QED) is 0.852. The van der Waals surface area contributed by atoms with Crippen LogP contribution in [0.25, 0.3) is 0 Å². The van der Waals surface area contributed by atoms with Gasteiger partial charge in [0, 0.05) is 11.1 Å². The first kappa shape index (κ1) is 13.0. The van der Waals surface area contributed by atoms with Crippen LogP contribution in [0.2, 0.25) is 5.02 Å². The summed E-state index contributed by atoms with van der Waals surface area (Å²) in [5, 5.41) is 12.7. The van der Waals surface area contributed by atoms with Gasteiger partial charge in [0.25, 0.3) is 0 Å². The van der Waals surface area contributed by atoms with Crippen molar-refractivity contribution >= 4 is 17.6 Å². The number of carboxylic acids is 1. The second kappa shape index (κ2) is 4.85. The van der Waals surface area contributed by atoms with Crippen molar-refractivity contribution in [3.63, 3.8) is 0 Å². The first-order chi connectivity index (χ1) is 7.34. The maximum Gasteiger partial charge on any atom is 0.323 e. The van der Waals surface area contributed by atoms with E-state index < -0.39 is 11.5 Å². The van der Waals surface area contributed by atoms with Crippen molar-refractivity contribution in [2.75, 3.05) is 0 Å². The van der Waals surface area contributed by atoms with Crippen LogP contribution in [-0.2, 0) is 4.79 Å². The van der Waals surface area contributed by atoms with E-state index in [1.54, 1.807) is 19.9 Å². The molecule has 0 bridgehead atoms. The third-order valence-corrected chi connectivity index (χ3v) is 2.83. The highest BCUT2D eigenvalue weighted by atomic mass is 35.5. The molecule has 1 rings (SSSR count). The number of aliphatic carboxylic acids is 1. The number of carboxylic acid groups (broad SMARTS) is 1. The second-order valence-corrected chi connectivity index (χ2v) is 4.72. The van der Waals surface area contributed by atoms with E-state index in [0.29, 0.717) is 5.02 Å². The summed E-state index contributed by atoms with van der Waals surface area (Å²) < 4.78 is 0. The standard InChI is InChI=1S/C12H16ClNO2/c1-8(14-12(2,3)11(15)16)9-6-4-5-7-10(9)13/h4-8,14H,1-3H3,(H,15,16). The number of rotatable bonds is 4. The van der Waals surface area contributed by atoms with Crippen LogP contribution in [0.15, 0.2) is 24.3 Å². The van der Waals surface area contributed by atoms with E-state index >= 15 is 0 Å². The Morgan fingerprint density at radius 2 is 2.00 bits per heavy atom. The molecular formula is C12H16ClNO2. The minimum atomic E-state index is -0.974. The van der Waals surface area contributed by atoms with Crippen molar-refractivity contribution in [1.29, 1.82) is 0 Å². The lowest BCUT2D eigenvalue weighted by Gasteiger charge is -2.26. The Kier molecular flexibility index (Phi) is 3.94. The van der Waals surface area contributed by atoms with Crippen molar-refractivity contribution in [2.24, 2.45) is 0 Å². The van der Waals surface area contributed by atoms with Crippen molar-refractivity contribution < 1.29 is 9.90 Å². The predicted octanol–water partition coefficient (Wildman–Crippen LogP) is 2.85. The summed E-state index contributed by atoms with van der Waals surface area (Å²) in [7, 11) is 0. The molecule has 2 N–H and O–H groups in total. The second-order valence-electron chi connectivity index (χ2n) is 4.32. The van der Waals surface area contributed by atoms with Gasteiger partial charge in [0.15, 0.2) is 0 Å². The highest BCUT2D eigenvalue weighted by molar-refractivity contribution is 6.31. The predicted molar refractivity (Wildman–Crippen MR) is 64.7 cm³/mol. The van der Waals surface area contributed by atoms with E-state index in [0.717, 1.165) is 5.56 Å². The highest BCUT2D eigenvalue weighted by Gasteiger charge is 2.29. The minimum Gasteiger partial charge on any atom is -0.480 e. The molecule has 0 aromatic heterocycles. The van der Waals surface area contributed by atoms with Crippen molar-refractivity contribution in [1.82, 2.24) is 5.32 Å². The summed E-state index contributed by atoms with van der Waals surface area (Å²) in [5.74, 6) is -0.883. The molecule has 0 aliphatic carbocycles. The van der Waals surface area contributed by atoms with Crippen LogP contribution >= 0.6 is 11.6 Å². The number of hydrogen-bond donors (Lipinski definition) is 2. The Bertz CT molecular complexity index is 390. The van der Waals surface area contributed by atoms with E-state index in [1.165, 1.54) is 0 Å². The Labute approximate surface area is 100 Å². The van der Waals surface area contributed by atoms with Crippen LogP contribution in [0.1, 0.15) is 32.4 Å². The summed E-state index contributed by atoms with van der Waals surface area (Å²) in [5.41, 5.74) is -0.0722. The molecule has 88 valence electrons. The molecule has 1 aromatic rings. The van der Waals surface area contributed by atoms with Crippen LogP contribution < -0.4 is 5.32 Å². The third kappa shape index (κ3) is 2.97. The van der Waals surface area contributed by atoms with Crippen molar-refractivity contribution in [3.05, 3.63) is 34.9 Å². The van der Waals surface area contributed by atoms with E-state index in [4.69, 9.17) is 16.7 Å². The number of nitrogens with one attached hydrogen (secondary N) is 1. The average molecular weight is 242 g/mol. The summed E-state index contributed by atoms with van der Waals surface area (Å²) in [6.45, 7) is 5.15. The molecule has 0 aliphatic heterocycles. The molecule has 16 heavy (non-hydrogen) atoms. The Morgan fingerprint density at radius 3 is 2.50 bits per heavy atom. The van der Waals surface area contributed by atoms with Gasteiger partial charge in [-0.05, 0) is 32.4 Å². The lowest BCUT2D eigenvalue weighted by Crippen LogP contribution is -2.47.